The molecule has 0 aromatic rings. The molecule has 2 N–H and O–H groups in total. The molecule has 0 spiro atoms. The van der Waals surface area contributed by atoms with E-state index >= 15 is 0 Å². The second-order valence-electron chi connectivity index (χ2n) is 6.63. The summed E-state index contributed by atoms with van der Waals surface area (Å²) in [5.41, 5.74) is 0. The lowest BCUT2D eigenvalue weighted by molar-refractivity contribution is 0.0778. The van der Waals surface area contributed by atoms with Crippen molar-refractivity contribution in [3.63, 3.8) is 0 Å². The molecule has 0 aromatic carbocycles. The van der Waals surface area contributed by atoms with E-state index < -0.39 is 0 Å². The lowest BCUT2D eigenvalue weighted by Gasteiger charge is -2.38. The van der Waals surface area contributed by atoms with Crippen molar-refractivity contribution in [1.82, 2.24) is 14.9 Å². The van der Waals surface area contributed by atoms with Crippen LogP contribution in [0.15, 0.2) is 0 Å². The van der Waals surface area contributed by atoms with Crippen molar-refractivity contribution in [2.24, 2.45) is 5.92 Å². The fourth-order valence-electron chi connectivity index (χ4n) is 4.01. The summed E-state index contributed by atoms with van der Waals surface area (Å²) in [6.45, 7) is 7.92. The van der Waals surface area contributed by atoms with Crippen molar-refractivity contribution >= 4 is 11.9 Å². The summed E-state index contributed by atoms with van der Waals surface area (Å²) in [4.78, 5) is 2.77. The van der Waals surface area contributed by atoms with Gasteiger partial charge in [-0.2, -0.15) is 0 Å². The first-order valence-corrected chi connectivity index (χ1v) is 9.74. The topological polar surface area (TPSA) is 36.5 Å². The molecule has 3 aliphatic heterocycles. The molecule has 122 valence electrons. The van der Waals surface area contributed by atoms with E-state index in [1.807, 2.05) is 11.9 Å². The van der Waals surface area contributed by atoms with Crippen molar-refractivity contribution in [2.45, 2.75) is 49.8 Å². The maximum atomic E-state index is 5.97. The average Bonchev–Trinajstić information content (AvgIpc) is 3.01. The monoisotopic (exact) mass is 313 g/mol. The summed E-state index contributed by atoms with van der Waals surface area (Å²) in [7, 11) is 0. The van der Waals surface area contributed by atoms with Gasteiger partial charge in [0.05, 0.1) is 6.61 Å². The van der Waals surface area contributed by atoms with Gasteiger partial charge in [0.2, 0.25) is 0 Å². The summed E-state index contributed by atoms with van der Waals surface area (Å²) in [6.07, 6.45) is 7.90. The summed E-state index contributed by atoms with van der Waals surface area (Å²) in [6, 6.07) is 0.727. The van der Waals surface area contributed by atoms with Crippen LogP contribution in [0.1, 0.15) is 38.5 Å². The lowest BCUT2D eigenvalue weighted by atomic mass is 9.89. The molecule has 0 amide bonds. The summed E-state index contributed by atoms with van der Waals surface area (Å²) >= 11 is 2.00. The zero-order chi connectivity index (χ0) is 14.3. The van der Waals surface area contributed by atoms with Crippen LogP contribution in [0.25, 0.3) is 0 Å². The van der Waals surface area contributed by atoms with Crippen LogP contribution in [0.4, 0.5) is 0 Å². The molecule has 3 unspecified atom stereocenters. The molecule has 0 bridgehead atoms. The fraction of sp³-hybridized carbons (Fsp3) is 1.00. The minimum atomic E-state index is 0.696. The van der Waals surface area contributed by atoms with E-state index in [0.717, 1.165) is 31.1 Å². The molecular weight excluding hydrogens is 282 g/mol. The van der Waals surface area contributed by atoms with Gasteiger partial charge in [-0.05, 0) is 45.2 Å². The second-order valence-corrected chi connectivity index (χ2v) is 7.76. The summed E-state index contributed by atoms with van der Waals surface area (Å²) < 4.78 is 9.55. The Bertz CT molecular complexity index is 261. The Labute approximate surface area is 133 Å². The van der Waals surface area contributed by atoms with Gasteiger partial charge >= 0.3 is 0 Å². The third kappa shape index (κ3) is 4.58. The van der Waals surface area contributed by atoms with Crippen molar-refractivity contribution < 1.29 is 4.74 Å². The zero-order valence-corrected chi connectivity index (χ0v) is 14.0. The standard InChI is InChI=1S/C16H31N3OS/c1-2-8-18-21-16(6-1)14-13-20-12-3-5-15(14)19-10-4-7-17-9-11-19/h14-18H,1-13H2. The Morgan fingerprint density at radius 3 is 2.95 bits per heavy atom. The number of nitrogens with one attached hydrogen (secondary N) is 2. The fourth-order valence-corrected chi connectivity index (χ4v) is 5.21. The number of hydrogen-bond donors (Lipinski definition) is 2. The second kappa shape index (κ2) is 8.73. The maximum Gasteiger partial charge on any atom is 0.0520 e. The van der Waals surface area contributed by atoms with Gasteiger partial charge < -0.3 is 10.1 Å². The Kier molecular flexibility index (Phi) is 6.67. The minimum absolute atomic E-state index is 0.696. The number of nitrogens with zero attached hydrogens (tertiary/aromatic N) is 1. The first kappa shape index (κ1) is 16.1. The van der Waals surface area contributed by atoms with Gasteiger partial charge in [0.25, 0.3) is 0 Å². The molecule has 0 saturated carbocycles. The van der Waals surface area contributed by atoms with Gasteiger partial charge in [-0.25, -0.2) is 0 Å². The van der Waals surface area contributed by atoms with Gasteiger partial charge in [0, 0.05) is 43.5 Å². The van der Waals surface area contributed by atoms with E-state index in [1.54, 1.807) is 0 Å². The van der Waals surface area contributed by atoms with E-state index in [4.69, 9.17) is 4.74 Å². The van der Waals surface area contributed by atoms with Crippen LogP contribution < -0.4 is 10.0 Å². The molecule has 3 aliphatic rings. The smallest absolute Gasteiger partial charge is 0.0520 e. The molecule has 3 saturated heterocycles. The highest BCUT2D eigenvalue weighted by Gasteiger charge is 2.35. The Morgan fingerprint density at radius 1 is 0.952 bits per heavy atom. The van der Waals surface area contributed by atoms with E-state index in [1.165, 1.54) is 64.7 Å². The Hall–Kier alpha value is 0.190. The van der Waals surface area contributed by atoms with Crippen molar-refractivity contribution in [1.29, 1.82) is 0 Å². The van der Waals surface area contributed by atoms with Gasteiger partial charge in [-0.15, -0.1) is 0 Å². The molecule has 0 radical (unpaired) electrons. The van der Waals surface area contributed by atoms with E-state index in [2.05, 4.69) is 14.9 Å². The lowest BCUT2D eigenvalue weighted by Crippen LogP contribution is -2.47. The minimum Gasteiger partial charge on any atom is -0.381 e. The predicted octanol–water partition coefficient (Wildman–Crippen LogP) is 1.87. The first-order chi connectivity index (χ1) is 10.4. The van der Waals surface area contributed by atoms with Gasteiger partial charge in [0.15, 0.2) is 0 Å². The first-order valence-electron chi connectivity index (χ1n) is 8.86. The SMILES string of the molecule is C1CCC(C2COCCCC2N2CCCNCC2)SNC1. The quantitative estimate of drug-likeness (QED) is 0.761. The third-order valence-electron chi connectivity index (χ3n) is 5.17. The van der Waals surface area contributed by atoms with Gasteiger partial charge in [0.1, 0.15) is 0 Å². The van der Waals surface area contributed by atoms with Gasteiger partial charge in [-0.1, -0.05) is 18.4 Å². The Morgan fingerprint density at radius 2 is 1.95 bits per heavy atom. The van der Waals surface area contributed by atoms with Crippen LogP contribution >= 0.6 is 11.9 Å². The summed E-state index contributed by atoms with van der Waals surface area (Å²) in [5.74, 6) is 0.696. The number of rotatable bonds is 2. The van der Waals surface area contributed by atoms with E-state index in [0.29, 0.717) is 5.92 Å². The molecule has 3 fully saturated rings. The maximum absolute atomic E-state index is 5.97. The van der Waals surface area contributed by atoms with Crippen LogP contribution in [-0.2, 0) is 4.74 Å². The van der Waals surface area contributed by atoms with Gasteiger partial charge in [-0.3, -0.25) is 9.62 Å². The van der Waals surface area contributed by atoms with E-state index in [9.17, 15) is 0 Å². The highest BCUT2D eigenvalue weighted by atomic mass is 32.2. The van der Waals surface area contributed by atoms with Crippen LogP contribution in [0.3, 0.4) is 0 Å². The normalized spacial score (nSPS) is 37.4. The molecule has 5 heteroatoms. The molecule has 0 aromatic heterocycles. The van der Waals surface area contributed by atoms with Crippen molar-refractivity contribution in [3.05, 3.63) is 0 Å². The summed E-state index contributed by atoms with van der Waals surface area (Å²) in [5, 5.41) is 4.27. The molecule has 3 atom stereocenters. The van der Waals surface area contributed by atoms with Crippen LogP contribution in [0.5, 0.6) is 0 Å². The zero-order valence-electron chi connectivity index (χ0n) is 13.2. The predicted molar refractivity (Wildman–Crippen MR) is 89.6 cm³/mol. The van der Waals surface area contributed by atoms with Crippen LogP contribution in [0.2, 0.25) is 0 Å². The highest BCUT2D eigenvalue weighted by Crippen LogP contribution is 2.33. The average molecular weight is 314 g/mol. The van der Waals surface area contributed by atoms with E-state index in [-0.39, 0.29) is 0 Å². The molecule has 3 heterocycles. The van der Waals surface area contributed by atoms with Crippen LogP contribution in [0, 0.1) is 5.92 Å². The molecule has 21 heavy (non-hydrogen) atoms. The largest absolute Gasteiger partial charge is 0.381 e. The number of hydrogen-bond acceptors (Lipinski definition) is 5. The van der Waals surface area contributed by atoms with Crippen LogP contribution in [-0.4, -0.2) is 62.1 Å². The van der Waals surface area contributed by atoms with Crippen molar-refractivity contribution in [3.8, 4) is 0 Å². The molecule has 0 aliphatic carbocycles. The number of ether oxygens (including phenoxy) is 1. The molecule has 4 nitrogen and oxygen atoms in total. The third-order valence-corrected chi connectivity index (χ3v) is 6.43. The molecule has 3 rings (SSSR count). The molecular formula is C16H31N3OS. The Balaban J connectivity index is 1.69. The van der Waals surface area contributed by atoms with Crippen molar-refractivity contribution in [2.75, 3.05) is 45.9 Å². The highest BCUT2D eigenvalue weighted by molar-refractivity contribution is 7.98.